The molecule has 88 valence electrons. The molecule has 2 heterocycles. The van der Waals surface area contributed by atoms with Gasteiger partial charge in [0.25, 0.3) is 0 Å². The van der Waals surface area contributed by atoms with Crippen LogP contribution in [0.1, 0.15) is 11.4 Å². The third kappa shape index (κ3) is 2.69. The lowest BCUT2D eigenvalue weighted by molar-refractivity contribution is -0.116. The fraction of sp³-hybridized carbons (Fsp3) is 0.250. The predicted molar refractivity (Wildman–Crippen MR) is 64.6 cm³/mol. The molecule has 5 nitrogen and oxygen atoms in total. The summed E-state index contributed by atoms with van der Waals surface area (Å²) in [7, 11) is 0. The van der Waals surface area contributed by atoms with E-state index in [0.717, 1.165) is 11.4 Å². The normalized spacial score (nSPS) is 10.2. The highest BCUT2D eigenvalue weighted by Crippen LogP contribution is 2.07. The summed E-state index contributed by atoms with van der Waals surface area (Å²) in [6.07, 6.45) is 3.18. The molecule has 1 amide bonds. The van der Waals surface area contributed by atoms with Crippen molar-refractivity contribution in [1.29, 1.82) is 0 Å². The van der Waals surface area contributed by atoms with Crippen LogP contribution in [0.4, 0.5) is 5.95 Å². The minimum Gasteiger partial charge on any atom is -0.340 e. The van der Waals surface area contributed by atoms with Gasteiger partial charge in [-0.25, -0.2) is 9.97 Å². The highest BCUT2D eigenvalue weighted by atomic mass is 16.2. The van der Waals surface area contributed by atoms with Gasteiger partial charge in [0, 0.05) is 23.8 Å². The van der Waals surface area contributed by atoms with E-state index >= 15 is 0 Å². The largest absolute Gasteiger partial charge is 0.340 e. The van der Waals surface area contributed by atoms with Gasteiger partial charge < -0.3 is 4.57 Å². The van der Waals surface area contributed by atoms with Crippen LogP contribution in [0.2, 0.25) is 0 Å². The number of hydrogen-bond donors (Lipinski definition) is 1. The summed E-state index contributed by atoms with van der Waals surface area (Å²) in [5, 5.41) is 2.65. The minimum absolute atomic E-state index is 0.126. The van der Waals surface area contributed by atoms with Gasteiger partial charge in [0.05, 0.1) is 0 Å². The van der Waals surface area contributed by atoms with E-state index in [2.05, 4.69) is 15.3 Å². The molecular weight excluding hydrogens is 216 g/mol. The van der Waals surface area contributed by atoms with Crippen LogP contribution in [0, 0.1) is 13.8 Å². The molecule has 0 atom stereocenters. The quantitative estimate of drug-likeness (QED) is 0.870. The highest BCUT2D eigenvalue weighted by Gasteiger charge is 2.08. The number of anilines is 1. The Labute approximate surface area is 99.5 Å². The van der Waals surface area contributed by atoms with Crippen molar-refractivity contribution in [3.63, 3.8) is 0 Å². The summed E-state index contributed by atoms with van der Waals surface area (Å²) < 4.78 is 1.94. The molecule has 2 aromatic heterocycles. The van der Waals surface area contributed by atoms with E-state index in [1.807, 2.05) is 30.5 Å². The van der Waals surface area contributed by atoms with Gasteiger partial charge in [-0.1, -0.05) is 0 Å². The van der Waals surface area contributed by atoms with Crippen LogP contribution in [0.15, 0.2) is 30.6 Å². The van der Waals surface area contributed by atoms with Crippen LogP contribution in [0.3, 0.4) is 0 Å². The standard InChI is InChI=1S/C12H14N4O/c1-9-4-5-10(2)16(9)8-11(17)15-12-13-6-3-7-14-12/h3-7H,8H2,1-2H3,(H,13,14,15,17). The Morgan fingerprint density at radius 1 is 1.24 bits per heavy atom. The smallest absolute Gasteiger partial charge is 0.246 e. The van der Waals surface area contributed by atoms with Crippen molar-refractivity contribution in [1.82, 2.24) is 14.5 Å². The number of rotatable bonds is 3. The first kappa shape index (κ1) is 11.3. The van der Waals surface area contributed by atoms with E-state index in [0.29, 0.717) is 5.95 Å². The Morgan fingerprint density at radius 3 is 2.41 bits per heavy atom. The van der Waals surface area contributed by atoms with Crippen LogP contribution in [-0.4, -0.2) is 20.4 Å². The SMILES string of the molecule is Cc1ccc(C)n1CC(=O)Nc1ncccn1. The molecule has 0 radical (unpaired) electrons. The summed E-state index contributed by atoms with van der Waals surface area (Å²) in [6.45, 7) is 4.22. The Morgan fingerprint density at radius 2 is 1.82 bits per heavy atom. The third-order valence-corrected chi connectivity index (χ3v) is 2.54. The number of nitrogens with one attached hydrogen (secondary N) is 1. The summed E-state index contributed by atoms with van der Waals surface area (Å²) in [5.74, 6) is 0.207. The number of carbonyl (C=O) groups excluding carboxylic acids is 1. The van der Waals surface area contributed by atoms with Gasteiger partial charge >= 0.3 is 0 Å². The van der Waals surface area contributed by atoms with E-state index in [1.54, 1.807) is 18.5 Å². The zero-order valence-electron chi connectivity index (χ0n) is 9.84. The second-order valence-electron chi connectivity index (χ2n) is 3.82. The Hall–Kier alpha value is -2.17. The molecule has 2 aromatic rings. The molecule has 17 heavy (non-hydrogen) atoms. The maximum Gasteiger partial charge on any atom is 0.246 e. The molecule has 0 saturated carbocycles. The lowest BCUT2D eigenvalue weighted by Crippen LogP contribution is -2.21. The summed E-state index contributed by atoms with van der Waals surface area (Å²) in [6, 6.07) is 5.68. The van der Waals surface area contributed by atoms with Gasteiger partial charge in [-0.15, -0.1) is 0 Å². The summed E-state index contributed by atoms with van der Waals surface area (Å²) >= 11 is 0. The van der Waals surface area contributed by atoms with E-state index in [9.17, 15) is 4.79 Å². The average Bonchev–Trinajstić information content (AvgIpc) is 2.62. The van der Waals surface area contributed by atoms with Gasteiger partial charge in [0.15, 0.2) is 0 Å². The van der Waals surface area contributed by atoms with E-state index in [4.69, 9.17) is 0 Å². The van der Waals surface area contributed by atoms with Crippen molar-refractivity contribution in [2.75, 3.05) is 5.32 Å². The lowest BCUT2D eigenvalue weighted by atomic mass is 10.4. The molecule has 0 aliphatic heterocycles. The van der Waals surface area contributed by atoms with Gasteiger partial charge in [-0.3, -0.25) is 10.1 Å². The van der Waals surface area contributed by atoms with Crippen molar-refractivity contribution in [3.8, 4) is 0 Å². The summed E-state index contributed by atoms with van der Waals surface area (Å²) in [4.78, 5) is 19.7. The highest BCUT2D eigenvalue weighted by molar-refractivity contribution is 5.88. The second kappa shape index (κ2) is 4.78. The minimum atomic E-state index is -0.126. The molecular formula is C12H14N4O. The van der Waals surface area contributed by atoms with Crippen molar-refractivity contribution in [2.45, 2.75) is 20.4 Å². The molecule has 0 aromatic carbocycles. The van der Waals surface area contributed by atoms with Crippen LogP contribution in [0.25, 0.3) is 0 Å². The Balaban J connectivity index is 2.03. The van der Waals surface area contributed by atoms with Crippen LogP contribution in [0.5, 0.6) is 0 Å². The fourth-order valence-corrected chi connectivity index (χ4v) is 1.62. The first-order valence-corrected chi connectivity index (χ1v) is 5.36. The number of aryl methyl sites for hydroxylation is 2. The maximum atomic E-state index is 11.8. The topological polar surface area (TPSA) is 59.8 Å². The second-order valence-corrected chi connectivity index (χ2v) is 3.82. The Bertz CT molecular complexity index is 499. The molecule has 0 saturated heterocycles. The number of amides is 1. The Kier molecular flexibility index (Phi) is 3.18. The number of aromatic nitrogens is 3. The zero-order chi connectivity index (χ0) is 12.3. The van der Waals surface area contributed by atoms with Crippen molar-refractivity contribution >= 4 is 11.9 Å². The van der Waals surface area contributed by atoms with Gasteiger partial charge in [-0.05, 0) is 32.0 Å². The van der Waals surface area contributed by atoms with Crippen molar-refractivity contribution in [2.24, 2.45) is 0 Å². The number of carbonyl (C=O) groups is 1. The molecule has 2 rings (SSSR count). The van der Waals surface area contributed by atoms with Gasteiger partial charge in [-0.2, -0.15) is 0 Å². The molecule has 5 heteroatoms. The first-order chi connectivity index (χ1) is 8.16. The fourth-order valence-electron chi connectivity index (χ4n) is 1.62. The molecule has 0 fully saturated rings. The van der Waals surface area contributed by atoms with E-state index in [-0.39, 0.29) is 12.5 Å². The summed E-state index contributed by atoms with van der Waals surface area (Å²) in [5.41, 5.74) is 2.12. The van der Waals surface area contributed by atoms with Crippen LogP contribution >= 0.6 is 0 Å². The predicted octanol–water partition coefficient (Wildman–Crippen LogP) is 1.53. The number of nitrogens with zero attached hydrogens (tertiary/aromatic N) is 3. The van der Waals surface area contributed by atoms with Gasteiger partial charge in [0.1, 0.15) is 6.54 Å². The van der Waals surface area contributed by atoms with E-state index in [1.165, 1.54) is 0 Å². The molecule has 0 aliphatic carbocycles. The monoisotopic (exact) mass is 230 g/mol. The number of hydrogen-bond acceptors (Lipinski definition) is 3. The lowest BCUT2D eigenvalue weighted by Gasteiger charge is -2.08. The molecule has 0 aliphatic rings. The molecule has 0 bridgehead atoms. The van der Waals surface area contributed by atoms with Crippen molar-refractivity contribution in [3.05, 3.63) is 42.0 Å². The van der Waals surface area contributed by atoms with Crippen molar-refractivity contribution < 1.29 is 4.79 Å². The first-order valence-electron chi connectivity index (χ1n) is 5.36. The molecule has 0 spiro atoms. The molecule has 0 unspecified atom stereocenters. The zero-order valence-corrected chi connectivity index (χ0v) is 9.84. The average molecular weight is 230 g/mol. The maximum absolute atomic E-state index is 11.8. The van der Waals surface area contributed by atoms with Crippen LogP contribution < -0.4 is 5.32 Å². The van der Waals surface area contributed by atoms with Gasteiger partial charge in [0.2, 0.25) is 11.9 Å². The third-order valence-electron chi connectivity index (χ3n) is 2.54. The van der Waals surface area contributed by atoms with Crippen LogP contribution in [-0.2, 0) is 11.3 Å². The van der Waals surface area contributed by atoms with E-state index < -0.39 is 0 Å². The molecule has 1 N–H and O–H groups in total.